The van der Waals surface area contributed by atoms with Crippen molar-refractivity contribution in [2.75, 3.05) is 6.61 Å². The number of phenolic OH excluding ortho intramolecular Hbond substituents is 1. The summed E-state index contributed by atoms with van der Waals surface area (Å²) in [6.07, 6.45) is 0.700. The first kappa shape index (κ1) is 19.4. The largest absolute Gasteiger partial charge is 0.507 e. The van der Waals surface area contributed by atoms with Gasteiger partial charge in [0.1, 0.15) is 11.6 Å². The van der Waals surface area contributed by atoms with E-state index in [1.807, 2.05) is 24.5 Å². The van der Waals surface area contributed by atoms with Gasteiger partial charge in [0.25, 0.3) is 0 Å². The maximum atomic E-state index is 13.9. The van der Waals surface area contributed by atoms with E-state index in [4.69, 9.17) is 16.3 Å². The van der Waals surface area contributed by atoms with Crippen LogP contribution in [0.4, 0.5) is 4.39 Å². The number of carboxylic acid groups (broad SMARTS) is 1. The van der Waals surface area contributed by atoms with E-state index in [0.717, 1.165) is 16.8 Å². The highest BCUT2D eigenvalue weighted by Gasteiger charge is 2.57. The summed E-state index contributed by atoms with van der Waals surface area (Å²) in [5.41, 5.74) is 1.99. The van der Waals surface area contributed by atoms with Gasteiger partial charge in [0.2, 0.25) is 0 Å². The van der Waals surface area contributed by atoms with Crippen LogP contribution in [0.5, 0.6) is 5.75 Å². The third kappa shape index (κ3) is 2.53. The number of ether oxygens (including phenoxy) is 1. The molecule has 30 heavy (non-hydrogen) atoms. The van der Waals surface area contributed by atoms with Gasteiger partial charge in [-0.3, -0.25) is 4.79 Å². The standard InChI is InChI=1S/C23H21ClFNO4/c1-22(2)11-30-23(9-12(10-23)21(28)29)19-18-16(4-3-5-17(18)27)26(20(19)22)13-6-7-15(25)14(24)8-13/h3-8,12,27H,9-11H2,1-2H3,(H,28,29)/t12-,23-. The highest BCUT2D eigenvalue weighted by molar-refractivity contribution is 6.30. The van der Waals surface area contributed by atoms with Gasteiger partial charge < -0.3 is 19.5 Å². The maximum absolute atomic E-state index is 13.9. The van der Waals surface area contributed by atoms with E-state index in [1.165, 1.54) is 6.07 Å². The lowest BCUT2D eigenvalue weighted by Gasteiger charge is -2.51. The van der Waals surface area contributed by atoms with Crippen molar-refractivity contribution in [2.45, 2.75) is 37.7 Å². The number of aromatic nitrogens is 1. The maximum Gasteiger partial charge on any atom is 0.306 e. The Kier molecular flexibility index (Phi) is 4.02. The molecule has 5 nitrogen and oxygen atoms in total. The quantitative estimate of drug-likeness (QED) is 0.592. The van der Waals surface area contributed by atoms with Crippen LogP contribution in [0.2, 0.25) is 5.02 Å². The number of carboxylic acids is 1. The Balaban J connectivity index is 1.86. The first-order chi connectivity index (χ1) is 14.1. The van der Waals surface area contributed by atoms with Crippen molar-refractivity contribution in [3.05, 3.63) is 58.5 Å². The Hall–Kier alpha value is -2.57. The molecule has 7 heteroatoms. The summed E-state index contributed by atoms with van der Waals surface area (Å²) in [4.78, 5) is 11.5. The molecule has 1 aliphatic heterocycles. The molecule has 1 spiro atoms. The number of phenols is 1. The molecule has 2 heterocycles. The van der Waals surface area contributed by atoms with E-state index in [9.17, 15) is 19.4 Å². The van der Waals surface area contributed by atoms with Crippen molar-refractivity contribution in [1.82, 2.24) is 4.57 Å². The minimum atomic E-state index is -0.839. The number of rotatable bonds is 2. The van der Waals surface area contributed by atoms with Gasteiger partial charge in [-0.25, -0.2) is 4.39 Å². The van der Waals surface area contributed by atoms with Crippen molar-refractivity contribution in [2.24, 2.45) is 5.92 Å². The Morgan fingerprint density at radius 3 is 2.67 bits per heavy atom. The Bertz CT molecular complexity index is 1210. The average Bonchev–Trinajstić information content (AvgIpc) is 3.01. The zero-order valence-corrected chi connectivity index (χ0v) is 17.3. The lowest BCUT2D eigenvalue weighted by Crippen LogP contribution is -2.52. The number of fused-ring (bicyclic) bond motifs is 4. The van der Waals surface area contributed by atoms with Crippen LogP contribution < -0.4 is 0 Å². The molecular formula is C23H21ClFNO4. The van der Waals surface area contributed by atoms with Crippen LogP contribution in [0.1, 0.15) is 37.9 Å². The van der Waals surface area contributed by atoms with Crippen LogP contribution in [0.15, 0.2) is 36.4 Å². The molecule has 0 bridgehead atoms. The summed E-state index contributed by atoms with van der Waals surface area (Å²) in [5, 5.41) is 20.9. The molecule has 2 N–H and O–H groups in total. The zero-order chi connectivity index (χ0) is 21.4. The van der Waals surface area contributed by atoms with Gasteiger partial charge >= 0.3 is 5.97 Å². The SMILES string of the molecule is CC1(C)CO[C@]2(C[C@H](C(=O)O)C2)c2c1n(-c1ccc(F)c(Cl)c1)c1cccc(O)c12. The second-order valence-corrected chi connectivity index (χ2v) is 9.35. The highest BCUT2D eigenvalue weighted by Crippen LogP contribution is 2.58. The predicted octanol–water partition coefficient (Wildman–Crippen LogP) is 5.13. The smallest absolute Gasteiger partial charge is 0.306 e. The molecule has 0 unspecified atom stereocenters. The second kappa shape index (κ2) is 6.22. The molecule has 1 saturated carbocycles. The van der Waals surface area contributed by atoms with E-state index < -0.39 is 28.7 Å². The molecule has 1 aliphatic carbocycles. The van der Waals surface area contributed by atoms with Crippen molar-refractivity contribution < 1.29 is 24.1 Å². The third-order valence-electron chi connectivity index (χ3n) is 6.44. The third-order valence-corrected chi connectivity index (χ3v) is 6.73. The van der Waals surface area contributed by atoms with Gasteiger partial charge in [-0.05, 0) is 43.2 Å². The minimum Gasteiger partial charge on any atom is -0.507 e. The molecule has 156 valence electrons. The van der Waals surface area contributed by atoms with Gasteiger partial charge in [0, 0.05) is 27.7 Å². The highest BCUT2D eigenvalue weighted by atomic mass is 35.5. The van der Waals surface area contributed by atoms with Gasteiger partial charge in [-0.15, -0.1) is 0 Å². The van der Waals surface area contributed by atoms with Crippen molar-refractivity contribution in [1.29, 1.82) is 0 Å². The number of carbonyl (C=O) groups is 1. The number of aliphatic carboxylic acids is 1. The fraction of sp³-hybridized carbons (Fsp3) is 0.348. The number of aromatic hydroxyl groups is 1. The summed E-state index contributed by atoms with van der Waals surface area (Å²) in [6, 6.07) is 9.81. The lowest BCUT2D eigenvalue weighted by molar-refractivity contribution is -0.180. The summed E-state index contributed by atoms with van der Waals surface area (Å²) in [6.45, 7) is 4.49. The first-order valence-corrected chi connectivity index (χ1v) is 10.2. The molecule has 1 aromatic heterocycles. The average molecular weight is 430 g/mol. The summed E-state index contributed by atoms with van der Waals surface area (Å²) < 4.78 is 22.2. The van der Waals surface area contributed by atoms with Gasteiger partial charge in [0.15, 0.2) is 0 Å². The van der Waals surface area contributed by atoms with Crippen LogP contribution in [0.25, 0.3) is 16.6 Å². The molecule has 2 aromatic carbocycles. The van der Waals surface area contributed by atoms with E-state index >= 15 is 0 Å². The fourth-order valence-electron chi connectivity index (χ4n) is 4.99. The lowest BCUT2D eigenvalue weighted by atomic mass is 9.63. The van der Waals surface area contributed by atoms with Gasteiger partial charge in [-0.1, -0.05) is 31.5 Å². The van der Waals surface area contributed by atoms with Gasteiger partial charge in [-0.2, -0.15) is 0 Å². The first-order valence-electron chi connectivity index (χ1n) is 9.84. The van der Waals surface area contributed by atoms with E-state index in [1.54, 1.807) is 24.3 Å². The second-order valence-electron chi connectivity index (χ2n) is 8.94. The molecule has 2 aliphatic rings. The number of hydrogen-bond donors (Lipinski definition) is 2. The van der Waals surface area contributed by atoms with Crippen molar-refractivity contribution in [3.63, 3.8) is 0 Å². The predicted molar refractivity (Wildman–Crippen MR) is 111 cm³/mol. The number of hydrogen-bond acceptors (Lipinski definition) is 3. The van der Waals surface area contributed by atoms with Gasteiger partial charge in [0.05, 0.1) is 28.7 Å². The van der Waals surface area contributed by atoms with Crippen molar-refractivity contribution >= 4 is 28.5 Å². The Morgan fingerprint density at radius 1 is 1.27 bits per heavy atom. The minimum absolute atomic E-state index is 0.0115. The normalized spacial score (nSPS) is 24.6. The number of halogens is 2. The molecular weight excluding hydrogens is 409 g/mol. The Labute approximate surface area is 177 Å². The number of benzene rings is 2. The van der Waals surface area contributed by atoms with Crippen molar-refractivity contribution in [3.8, 4) is 11.4 Å². The summed E-state index contributed by atoms with van der Waals surface area (Å²) in [7, 11) is 0. The number of nitrogens with zero attached hydrogens (tertiary/aromatic N) is 1. The molecule has 0 radical (unpaired) electrons. The van der Waals surface area contributed by atoms with Crippen LogP contribution in [-0.2, 0) is 20.5 Å². The molecule has 5 rings (SSSR count). The topological polar surface area (TPSA) is 71.7 Å². The molecule has 1 fully saturated rings. The fourth-order valence-corrected chi connectivity index (χ4v) is 5.17. The van der Waals surface area contributed by atoms with Crippen LogP contribution in [0, 0.1) is 11.7 Å². The molecule has 0 atom stereocenters. The summed E-state index contributed by atoms with van der Waals surface area (Å²) in [5.74, 6) is -1.72. The molecule has 0 saturated heterocycles. The van der Waals surface area contributed by atoms with E-state index in [2.05, 4.69) is 0 Å². The zero-order valence-electron chi connectivity index (χ0n) is 16.6. The Morgan fingerprint density at radius 2 is 2.00 bits per heavy atom. The molecule has 3 aromatic rings. The summed E-state index contributed by atoms with van der Waals surface area (Å²) >= 11 is 6.09. The van der Waals surface area contributed by atoms with Crippen LogP contribution in [0.3, 0.4) is 0 Å². The molecule has 0 amide bonds. The van der Waals surface area contributed by atoms with Crippen LogP contribution >= 0.6 is 11.6 Å². The van der Waals surface area contributed by atoms with E-state index in [-0.39, 0.29) is 10.8 Å². The monoisotopic (exact) mass is 429 g/mol. The van der Waals surface area contributed by atoms with Crippen LogP contribution in [-0.4, -0.2) is 27.4 Å². The van der Waals surface area contributed by atoms with E-state index in [0.29, 0.717) is 30.5 Å².